The topological polar surface area (TPSA) is 19.7 Å². The number of hydrogen-bond donors (Lipinski definition) is 0. The quantitative estimate of drug-likeness (QED) is 0.0769. The van der Waals surface area contributed by atoms with Crippen LogP contribution in [0.1, 0.15) is 44.5 Å². The molecule has 0 aliphatic carbocycles. The van der Waals surface area contributed by atoms with Gasteiger partial charge in [0.15, 0.2) is 0 Å². The maximum Gasteiger partial charge on any atom is 0.0541 e. The van der Waals surface area contributed by atoms with Crippen molar-refractivity contribution in [3.8, 4) is 101 Å². The summed E-state index contributed by atoms with van der Waals surface area (Å²) in [5.41, 5.74) is 42.8. The van der Waals surface area contributed by atoms with E-state index in [0.29, 0.717) is 0 Å². The van der Waals surface area contributed by atoms with Crippen LogP contribution < -0.4 is 0 Å². The molecule has 0 radical (unpaired) electrons. The Labute approximate surface area is 852 Å². The largest absolute Gasteiger partial charge is 0.309 e. The molecule has 0 saturated carbocycles. The summed E-state index contributed by atoms with van der Waals surface area (Å²) in [5, 5.41) is 10.3. The molecule has 0 bridgehead atoms. The molecule has 4 aromatic heterocycles. The van der Waals surface area contributed by atoms with Crippen molar-refractivity contribution >= 4 is 87.2 Å². The number of aromatic nitrogens is 4. The third-order valence-electron chi connectivity index (χ3n) is 28.6. The molecule has 692 valence electrons. The van der Waals surface area contributed by atoms with Crippen molar-refractivity contribution in [2.45, 2.75) is 25.7 Å². The van der Waals surface area contributed by atoms with Crippen LogP contribution in [0.4, 0.5) is 0 Å². The highest BCUT2D eigenvalue weighted by atomic mass is 15.0. The van der Waals surface area contributed by atoms with Crippen molar-refractivity contribution in [2.75, 3.05) is 0 Å². The molecule has 0 spiro atoms. The summed E-state index contributed by atoms with van der Waals surface area (Å²) >= 11 is 0. The molecule has 4 heterocycles. The highest BCUT2D eigenvalue weighted by Gasteiger charge is 2.21. The second-order valence-corrected chi connectivity index (χ2v) is 37.8. The fraction of sp³-hybridized carbons (Fsp3) is 0.0282. The van der Waals surface area contributed by atoms with Gasteiger partial charge in [-0.15, -0.1) is 0 Å². The van der Waals surface area contributed by atoms with E-state index in [9.17, 15) is 0 Å². The van der Waals surface area contributed by atoms with E-state index in [1.54, 1.807) is 0 Å². The van der Waals surface area contributed by atoms with Gasteiger partial charge in [0.25, 0.3) is 0 Å². The fourth-order valence-electron chi connectivity index (χ4n) is 21.3. The van der Waals surface area contributed by atoms with Gasteiger partial charge in [0.05, 0.1) is 44.1 Å². The van der Waals surface area contributed by atoms with Crippen molar-refractivity contribution in [2.24, 2.45) is 0 Å². The molecule has 4 heteroatoms. The van der Waals surface area contributed by atoms with Crippen LogP contribution in [0.25, 0.3) is 188 Å². The third-order valence-corrected chi connectivity index (χ3v) is 28.6. The lowest BCUT2D eigenvalue weighted by Crippen LogP contribution is -1.93. The lowest BCUT2D eigenvalue weighted by Gasteiger charge is -2.11. The summed E-state index contributed by atoms with van der Waals surface area (Å²) in [5.74, 6) is 0. The molecule has 0 unspecified atom stereocenters. The van der Waals surface area contributed by atoms with Gasteiger partial charge in [-0.1, -0.05) is 461 Å². The van der Waals surface area contributed by atoms with Gasteiger partial charge in [-0.2, -0.15) is 0 Å². The molecule has 23 aromatic carbocycles. The molecule has 4 nitrogen and oxygen atoms in total. The van der Waals surface area contributed by atoms with E-state index in [2.05, 4.69) is 601 Å². The van der Waals surface area contributed by atoms with Crippen molar-refractivity contribution in [3.63, 3.8) is 0 Å². The van der Waals surface area contributed by atoms with Crippen LogP contribution in [-0.4, -0.2) is 18.3 Å². The molecule has 27 rings (SSSR count). The molecule has 0 saturated heterocycles. The molecule has 0 amide bonds. The minimum absolute atomic E-state index is 0.912. The van der Waals surface area contributed by atoms with Gasteiger partial charge >= 0.3 is 0 Å². The van der Waals surface area contributed by atoms with Crippen molar-refractivity contribution in [1.82, 2.24) is 18.3 Å². The minimum atomic E-state index is 0.912. The summed E-state index contributed by atoms with van der Waals surface area (Å²) < 4.78 is 9.45. The second-order valence-electron chi connectivity index (χ2n) is 37.8. The van der Waals surface area contributed by atoms with Gasteiger partial charge in [-0.3, -0.25) is 0 Å². The van der Waals surface area contributed by atoms with Gasteiger partial charge < -0.3 is 18.3 Å². The van der Waals surface area contributed by atoms with Crippen LogP contribution >= 0.6 is 0 Å². The predicted molar refractivity (Wildman–Crippen MR) is 618 cm³/mol. The first-order chi connectivity index (χ1) is 72.4. The summed E-state index contributed by atoms with van der Waals surface area (Å²) in [6.45, 7) is 0. The summed E-state index contributed by atoms with van der Waals surface area (Å²) in [6.07, 6.45) is 3.73. The van der Waals surface area contributed by atoms with Crippen LogP contribution in [0.5, 0.6) is 0 Å². The molecule has 0 aliphatic rings. The fourth-order valence-corrected chi connectivity index (χ4v) is 21.3. The van der Waals surface area contributed by atoms with Crippen molar-refractivity contribution in [3.05, 3.63) is 627 Å². The smallest absolute Gasteiger partial charge is 0.0541 e. The molecular weight excluding hydrogens is 1760 g/mol. The summed E-state index contributed by atoms with van der Waals surface area (Å²) in [4.78, 5) is 0. The van der Waals surface area contributed by atoms with Crippen LogP contribution in [0.3, 0.4) is 0 Å². The Kier molecular flexibility index (Phi) is 25.4. The van der Waals surface area contributed by atoms with Gasteiger partial charge in [-0.05, 0) is 269 Å². The number of fused-ring (bicyclic) bond motifs is 12. The van der Waals surface area contributed by atoms with Gasteiger partial charge in [0, 0.05) is 65.8 Å². The SMILES string of the molecule is c1ccc(-c2ccc(Cc3ccc(-c4ccc5c(c4)c4ccccc4n5-c4ccccc4)cc3)cc2)cc1.c1ccc(-c2cccc(Cc3ccc(-c4ccc5c(c4)c4ccccc4n5-c4ccccc4)cc3)c2)cc1.c1ccc(-c2ccccc2Cc2ccc(-c3ccc4c(c3)c3ccccc3n4-c3ccccc3)cc2)cc1.c1ccc(Cc2ccc(-c3ccc4c(c3)c3ccccc3n4-c3ccccc3)cc2)cc1. The van der Waals surface area contributed by atoms with Crippen molar-refractivity contribution < 1.29 is 0 Å². The maximum absolute atomic E-state index is 2.36. The number of nitrogens with zero attached hydrogens (tertiary/aromatic N) is 4. The van der Waals surface area contributed by atoms with Crippen LogP contribution in [0, 0.1) is 0 Å². The Morgan fingerprint density at radius 1 is 0.110 bits per heavy atom. The maximum atomic E-state index is 2.36. The minimum Gasteiger partial charge on any atom is -0.309 e. The molecule has 0 N–H and O–H groups in total. The van der Waals surface area contributed by atoms with Gasteiger partial charge in [0.1, 0.15) is 0 Å². The second kappa shape index (κ2) is 41.2. The van der Waals surface area contributed by atoms with E-state index < -0.39 is 0 Å². The first kappa shape index (κ1) is 89.9. The Morgan fingerprint density at radius 2 is 0.308 bits per heavy atom. The van der Waals surface area contributed by atoms with Gasteiger partial charge in [0.2, 0.25) is 0 Å². The predicted octanol–water partition coefficient (Wildman–Crippen LogP) is 37.2. The lowest BCUT2D eigenvalue weighted by atomic mass is 9.94. The number of benzene rings is 23. The Hall–Kier alpha value is -18.7. The Morgan fingerprint density at radius 3 is 0.630 bits per heavy atom. The molecule has 0 aliphatic heterocycles. The van der Waals surface area contributed by atoms with Crippen LogP contribution in [0.2, 0.25) is 0 Å². The summed E-state index contributed by atoms with van der Waals surface area (Å²) in [7, 11) is 0. The Balaban J connectivity index is 0.000000105. The number of hydrogen-bond acceptors (Lipinski definition) is 0. The summed E-state index contributed by atoms with van der Waals surface area (Å²) in [6, 6.07) is 210. The van der Waals surface area contributed by atoms with E-state index >= 15 is 0 Å². The average molecular weight is 1870 g/mol. The van der Waals surface area contributed by atoms with E-state index in [0.717, 1.165) is 25.7 Å². The normalized spacial score (nSPS) is 11.3. The van der Waals surface area contributed by atoms with E-state index in [-0.39, 0.29) is 0 Å². The zero-order valence-electron chi connectivity index (χ0n) is 81.0. The monoisotopic (exact) mass is 1860 g/mol. The highest BCUT2D eigenvalue weighted by molar-refractivity contribution is 6.14. The van der Waals surface area contributed by atoms with E-state index in [1.807, 2.05) is 0 Å². The highest BCUT2D eigenvalue weighted by Crippen LogP contribution is 2.42. The van der Waals surface area contributed by atoms with Gasteiger partial charge in [-0.25, -0.2) is 0 Å². The van der Waals surface area contributed by atoms with E-state index in [1.165, 1.54) is 232 Å². The molecule has 0 atom stereocenters. The molecule has 0 fully saturated rings. The zero-order chi connectivity index (χ0) is 97.3. The third kappa shape index (κ3) is 18.9. The lowest BCUT2D eigenvalue weighted by molar-refractivity contribution is 1.18. The standard InChI is InChI=1S/3C37H27N.C31H23N/c1-3-11-29(12-4-1)31-13-9-10-28(25-31)24-27-18-20-30(21-19-27)32-22-23-37-35(26-32)34-16-7-8-17-36(34)38(37)33-14-5-2-6-15-33;1-3-11-29(12-4-1)33-16-8-7-13-31(33)25-27-19-21-28(22-20-27)30-23-24-37-35(26-30)34-17-9-10-18-36(34)38(37)32-14-5-2-6-15-32;1-3-9-29(10-4-1)30-19-15-27(16-20-30)25-28-17-21-31(22-18-28)32-23-24-37-35(26-32)34-13-7-8-14-36(34)38(37)33-11-5-2-6-12-33;1-3-9-23(10-4-1)21-24-15-17-25(18-16-24)26-19-20-31-29(22-26)28-13-7-8-14-30(28)32(31)27-11-5-2-6-12-27/h1-23,25-26H,24H2;2*1-24,26H,25H2;1-20,22H,21H2. The Bertz CT molecular complexity index is 9230. The first-order valence-corrected chi connectivity index (χ1v) is 50.6. The molecule has 146 heavy (non-hydrogen) atoms. The average Bonchev–Trinajstić information content (AvgIpc) is 1.61. The number of para-hydroxylation sites is 8. The number of rotatable bonds is 19. The van der Waals surface area contributed by atoms with E-state index in [4.69, 9.17) is 0 Å². The van der Waals surface area contributed by atoms with Crippen molar-refractivity contribution in [1.29, 1.82) is 0 Å². The zero-order valence-corrected chi connectivity index (χ0v) is 81.0. The van der Waals surface area contributed by atoms with Crippen LogP contribution in [-0.2, 0) is 25.7 Å². The molecule has 27 aromatic rings. The molecular formula is C142H104N4. The van der Waals surface area contributed by atoms with Crippen LogP contribution in [0.15, 0.2) is 582 Å². The first-order valence-electron chi connectivity index (χ1n) is 50.6.